The van der Waals surface area contributed by atoms with E-state index in [-0.39, 0.29) is 0 Å². The van der Waals surface area contributed by atoms with E-state index in [1.54, 1.807) is 11.1 Å². The molecule has 1 heterocycles. The third-order valence-electron chi connectivity index (χ3n) is 3.54. The predicted octanol–water partition coefficient (Wildman–Crippen LogP) is 2.55. The van der Waals surface area contributed by atoms with Crippen molar-refractivity contribution in [2.24, 2.45) is 0 Å². The number of benzene rings is 1. The number of nitrogens with one attached hydrogen (secondary N) is 1. The maximum atomic E-state index is 3.46. The first-order valence-corrected chi connectivity index (χ1v) is 5.40. The van der Waals surface area contributed by atoms with Gasteiger partial charge in [0.05, 0.1) is 0 Å². The molecule has 2 aliphatic rings. The van der Waals surface area contributed by atoms with Crippen molar-refractivity contribution in [2.45, 2.75) is 19.3 Å². The highest BCUT2D eigenvalue weighted by Crippen LogP contribution is 2.43. The van der Waals surface area contributed by atoms with Gasteiger partial charge in [0.25, 0.3) is 0 Å². The fourth-order valence-electron chi connectivity index (χ4n) is 2.78. The summed E-state index contributed by atoms with van der Waals surface area (Å²) in [7, 11) is 0. The first-order valence-electron chi connectivity index (χ1n) is 5.40. The van der Waals surface area contributed by atoms with Crippen LogP contribution in [0.1, 0.15) is 30.4 Å². The predicted molar refractivity (Wildman–Crippen MR) is 59.3 cm³/mol. The first kappa shape index (κ1) is 8.25. The molecule has 3 rings (SSSR count). The summed E-state index contributed by atoms with van der Waals surface area (Å²) in [6.45, 7) is 4.56. The summed E-state index contributed by atoms with van der Waals surface area (Å²) in [6.07, 6.45) is 1.23. The molecule has 1 heteroatoms. The molecular formula is C13H15N. The molecule has 0 fully saturated rings. The van der Waals surface area contributed by atoms with E-state index in [0.717, 1.165) is 13.1 Å². The maximum Gasteiger partial charge on any atom is 0.0211 e. The molecule has 1 unspecified atom stereocenters. The molecule has 14 heavy (non-hydrogen) atoms. The van der Waals surface area contributed by atoms with E-state index >= 15 is 0 Å². The topological polar surface area (TPSA) is 12.0 Å². The minimum Gasteiger partial charge on any atom is -0.312 e. The van der Waals surface area contributed by atoms with Crippen LogP contribution in [0.2, 0.25) is 0 Å². The van der Waals surface area contributed by atoms with Crippen molar-refractivity contribution in [1.29, 1.82) is 0 Å². The smallest absolute Gasteiger partial charge is 0.0211 e. The van der Waals surface area contributed by atoms with E-state index in [1.165, 1.54) is 17.5 Å². The molecule has 1 aliphatic heterocycles. The Labute approximate surface area is 84.8 Å². The fraction of sp³-hybridized carbons (Fsp3) is 0.385. The van der Waals surface area contributed by atoms with Crippen LogP contribution in [0.5, 0.6) is 0 Å². The molecule has 1 aliphatic carbocycles. The average Bonchev–Trinajstić information content (AvgIpc) is 2.55. The monoisotopic (exact) mass is 185 g/mol. The van der Waals surface area contributed by atoms with Gasteiger partial charge in [-0.1, -0.05) is 36.8 Å². The number of hydrogen-bond donors (Lipinski definition) is 1. The van der Waals surface area contributed by atoms with Crippen LogP contribution in [0, 0.1) is 0 Å². The Balaban J connectivity index is 2.18. The van der Waals surface area contributed by atoms with Crippen LogP contribution in [0.25, 0.3) is 5.57 Å². The van der Waals surface area contributed by atoms with Crippen molar-refractivity contribution in [3.05, 3.63) is 41.0 Å². The molecule has 1 aromatic carbocycles. The van der Waals surface area contributed by atoms with Crippen molar-refractivity contribution in [3.8, 4) is 0 Å². The van der Waals surface area contributed by atoms with E-state index < -0.39 is 0 Å². The summed E-state index contributed by atoms with van der Waals surface area (Å²) in [5.41, 5.74) is 6.26. The van der Waals surface area contributed by atoms with Crippen molar-refractivity contribution >= 4 is 5.57 Å². The largest absolute Gasteiger partial charge is 0.312 e. The summed E-state index contributed by atoms with van der Waals surface area (Å²) in [6, 6.07) is 8.84. The van der Waals surface area contributed by atoms with E-state index in [0.29, 0.717) is 5.92 Å². The Kier molecular flexibility index (Phi) is 1.74. The van der Waals surface area contributed by atoms with E-state index in [4.69, 9.17) is 0 Å². The van der Waals surface area contributed by atoms with Crippen LogP contribution < -0.4 is 5.32 Å². The Bertz CT molecular complexity index is 403. The average molecular weight is 185 g/mol. The van der Waals surface area contributed by atoms with Gasteiger partial charge in [0, 0.05) is 12.5 Å². The lowest BCUT2D eigenvalue weighted by Gasteiger charge is -2.18. The van der Waals surface area contributed by atoms with Gasteiger partial charge < -0.3 is 5.32 Å². The van der Waals surface area contributed by atoms with E-state index in [2.05, 4.69) is 36.5 Å². The lowest BCUT2D eigenvalue weighted by atomic mass is 9.95. The summed E-state index contributed by atoms with van der Waals surface area (Å²) in [4.78, 5) is 0. The van der Waals surface area contributed by atoms with Crippen LogP contribution in [-0.2, 0) is 0 Å². The zero-order valence-corrected chi connectivity index (χ0v) is 8.51. The summed E-state index contributed by atoms with van der Waals surface area (Å²) in [5.74, 6) is 0.656. The van der Waals surface area contributed by atoms with Gasteiger partial charge in [0.2, 0.25) is 0 Å². The number of fused-ring (bicyclic) bond motifs is 2. The van der Waals surface area contributed by atoms with Gasteiger partial charge in [-0.15, -0.1) is 0 Å². The van der Waals surface area contributed by atoms with Gasteiger partial charge in [-0.2, -0.15) is 0 Å². The van der Waals surface area contributed by atoms with Crippen LogP contribution in [0.3, 0.4) is 0 Å². The lowest BCUT2D eigenvalue weighted by Crippen LogP contribution is -2.23. The molecule has 0 saturated heterocycles. The van der Waals surface area contributed by atoms with Crippen molar-refractivity contribution in [3.63, 3.8) is 0 Å². The minimum atomic E-state index is 0.656. The first-order chi connectivity index (χ1) is 6.88. The van der Waals surface area contributed by atoms with Gasteiger partial charge in [0.15, 0.2) is 0 Å². The summed E-state index contributed by atoms with van der Waals surface area (Å²) in [5, 5.41) is 3.46. The summed E-state index contributed by atoms with van der Waals surface area (Å²) < 4.78 is 0. The van der Waals surface area contributed by atoms with Crippen LogP contribution in [-0.4, -0.2) is 13.1 Å². The Morgan fingerprint density at radius 1 is 1.29 bits per heavy atom. The second-order valence-electron chi connectivity index (χ2n) is 4.24. The van der Waals surface area contributed by atoms with Crippen LogP contribution in [0.15, 0.2) is 29.8 Å². The van der Waals surface area contributed by atoms with E-state index in [1.807, 2.05) is 0 Å². The third-order valence-corrected chi connectivity index (χ3v) is 3.54. The second kappa shape index (κ2) is 2.96. The molecule has 1 nitrogen and oxygen atoms in total. The van der Waals surface area contributed by atoms with Gasteiger partial charge in [-0.05, 0) is 29.7 Å². The molecule has 72 valence electrons. The van der Waals surface area contributed by atoms with Gasteiger partial charge in [-0.25, -0.2) is 0 Å². The Morgan fingerprint density at radius 2 is 2.14 bits per heavy atom. The number of hydrogen-bond acceptors (Lipinski definition) is 1. The zero-order valence-electron chi connectivity index (χ0n) is 8.51. The molecule has 0 radical (unpaired) electrons. The normalized spacial score (nSPS) is 24.8. The van der Waals surface area contributed by atoms with Crippen molar-refractivity contribution < 1.29 is 0 Å². The summed E-state index contributed by atoms with van der Waals surface area (Å²) >= 11 is 0. The Hall–Kier alpha value is -1.08. The molecular weight excluding hydrogens is 170 g/mol. The van der Waals surface area contributed by atoms with E-state index in [9.17, 15) is 0 Å². The molecule has 1 aromatic rings. The molecule has 0 amide bonds. The Morgan fingerprint density at radius 3 is 3.07 bits per heavy atom. The van der Waals surface area contributed by atoms with Gasteiger partial charge >= 0.3 is 0 Å². The molecule has 0 aromatic heterocycles. The quantitative estimate of drug-likeness (QED) is 0.655. The standard InChI is InChI=1S/C13H15N/c1-9-10-4-2-3-5-12(10)13-8-14-7-6-11(9)13/h2-5,9,14H,6-8H2,1H3. The highest BCUT2D eigenvalue weighted by Gasteiger charge is 2.28. The fourth-order valence-corrected chi connectivity index (χ4v) is 2.78. The highest BCUT2D eigenvalue weighted by molar-refractivity contribution is 5.79. The molecule has 0 spiro atoms. The molecule has 0 saturated carbocycles. The highest BCUT2D eigenvalue weighted by atomic mass is 14.9. The van der Waals surface area contributed by atoms with Crippen LogP contribution in [0.4, 0.5) is 0 Å². The van der Waals surface area contributed by atoms with Crippen LogP contribution >= 0.6 is 0 Å². The lowest BCUT2D eigenvalue weighted by molar-refractivity contribution is 0.689. The molecule has 0 bridgehead atoms. The molecule has 1 N–H and O–H groups in total. The number of rotatable bonds is 0. The van der Waals surface area contributed by atoms with Crippen molar-refractivity contribution in [2.75, 3.05) is 13.1 Å². The SMILES string of the molecule is CC1C2=C(CNCC2)c2ccccc21. The second-order valence-corrected chi connectivity index (χ2v) is 4.24. The zero-order chi connectivity index (χ0) is 9.54. The van der Waals surface area contributed by atoms with Gasteiger partial charge in [-0.3, -0.25) is 0 Å². The maximum absolute atomic E-state index is 3.46. The minimum absolute atomic E-state index is 0.656. The molecule has 1 atom stereocenters. The van der Waals surface area contributed by atoms with Gasteiger partial charge in [0.1, 0.15) is 0 Å². The third kappa shape index (κ3) is 0.992. The van der Waals surface area contributed by atoms with Crippen molar-refractivity contribution in [1.82, 2.24) is 5.32 Å².